The normalized spacial score (nSPS) is 25.8. The van der Waals surface area contributed by atoms with Crippen LogP contribution in [0, 0.1) is 0 Å². The van der Waals surface area contributed by atoms with Crippen molar-refractivity contribution in [3.05, 3.63) is 0 Å². The van der Waals surface area contributed by atoms with Crippen LogP contribution in [0.3, 0.4) is 0 Å². The van der Waals surface area contributed by atoms with E-state index in [-0.39, 0.29) is 24.1 Å². The molecule has 1 rings (SSSR count). The molecule has 0 bridgehead atoms. The summed E-state index contributed by atoms with van der Waals surface area (Å²) < 4.78 is 22.6. The number of carboxylic acids is 1. The highest BCUT2D eigenvalue weighted by Crippen LogP contribution is 2.19. The molecular formula is C9H18N2O4S. The lowest BCUT2D eigenvalue weighted by Crippen LogP contribution is -2.46. The number of carbonyl (C=O) groups is 1. The molecule has 2 atom stereocenters. The molecule has 0 aromatic carbocycles. The van der Waals surface area contributed by atoms with Crippen molar-refractivity contribution >= 4 is 15.8 Å². The van der Waals surface area contributed by atoms with Crippen LogP contribution in [0.2, 0.25) is 0 Å². The van der Waals surface area contributed by atoms with E-state index in [4.69, 9.17) is 10.8 Å². The van der Waals surface area contributed by atoms with E-state index in [1.807, 2.05) is 0 Å². The molecule has 0 aliphatic carbocycles. The minimum Gasteiger partial charge on any atom is -0.480 e. The van der Waals surface area contributed by atoms with Crippen molar-refractivity contribution in [3.8, 4) is 0 Å². The zero-order valence-electron chi connectivity index (χ0n) is 9.30. The third kappa shape index (κ3) is 3.16. The molecule has 1 aliphatic heterocycles. The van der Waals surface area contributed by atoms with Crippen molar-refractivity contribution in [2.75, 3.05) is 25.1 Å². The average Bonchev–Trinajstić information content (AvgIpc) is 2.53. The van der Waals surface area contributed by atoms with Crippen LogP contribution in [0.15, 0.2) is 0 Å². The molecule has 2 unspecified atom stereocenters. The van der Waals surface area contributed by atoms with Crippen LogP contribution in [-0.4, -0.2) is 61.6 Å². The van der Waals surface area contributed by atoms with E-state index >= 15 is 0 Å². The number of likely N-dealkylation sites (N-methyl/N-ethyl adjacent to an activating group) is 1. The van der Waals surface area contributed by atoms with Crippen LogP contribution in [0.4, 0.5) is 0 Å². The van der Waals surface area contributed by atoms with Crippen LogP contribution in [0.1, 0.15) is 12.8 Å². The quantitative estimate of drug-likeness (QED) is 0.643. The summed E-state index contributed by atoms with van der Waals surface area (Å²) in [5, 5.41) is 9.02. The van der Waals surface area contributed by atoms with Gasteiger partial charge in [-0.05, 0) is 26.4 Å². The zero-order valence-corrected chi connectivity index (χ0v) is 10.1. The molecule has 0 amide bonds. The predicted molar refractivity (Wildman–Crippen MR) is 59.9 cm³/mol. The number of nitrogens with two attached hydrogens (primary N) is 1. The fraction of sp³-hybridized carbons (Fsp3) is 0.889. The molecule has 7 heteroatoms. The molecule has 6 nitrogen and oxygen atoms in total. The van der Waals surface area contributed by atoms with E-state index < -0.39 is 21.8 Å². The first kappa shape index (κ1) is 13.4. The summed E-state index contributed by atoms with van der Waals surface area (Å²) in [7, 11) is -1.33. The van der Waals surface area contributed by atoms with E-state index in [0.29, 0.717) is 12.8 Å². The van der Waals surface area contributed by atoms with Crippen LogP contribution in [-0.2, 0) is 14.6 Å². The monoisotopic (exact) mass is 250 g/mol. The number of nitrogens with zero attached hydrogens (tertiary/aromatic N) is 1. The number of hydrogen-bond donors (Lipinski definition) is 2. The molecule has 1 saturated heterocycles. The maximum absolute atomic E-state index is 11.3. The average molecular weight is 250 g/mol. The van der Waals surface area contributed by atoms with Gasteiger partial charge < -0.3 is 10.8 Å². The number of hydrogen-bond acceptors (Lipinski definition) is 5. The van der Waals surface area contributed by atoms with Gasteiger partial charge in [-0.15, -0.1) is 0 Å². The lowest BCUT2D eigenvalue weighted by molar-refractivity contribution is -0.143. The molecule has 3 N–H and O–H groups in total. The fourth-order valence-electron chi connectivity index (χ4n) is 2.01. The summed E-state index contributed by atoms with van der Waals surface area (Å²) in [5.74, 6) is -0.744. The van der Waals surface area contributed by atoms with E-state index in [1.54, 1.807) is 11.9 Å². The van der Waals surface area contributed by atoms with E-state index in [1.165, 1.54) is 0 Å². The number of aliphatic carboxylic acids is 1. The number of sulfone groups is 1. The Bertz CT molecular complexity index is 355. The highest BCUT2D eigenvalue weighted by molar-refractivity contribution is 7.91. The maximum Gasteiger partial charge on any atom is 0.320 e. The molecule has 0 spiro atoms. The van der Waals surface area contributed by atoms with Crippen LogP contribution in [0.5, 0.6) is 0 Å². The Kier molecular flexibility index (Phi) is 4.28. The third-order valence-corrected chi connectivity index (χ3v) is 4.75. The molecule has 1 heterocycles. The second-order valence-electron chi connectivity index (χ2n) is 4.15. The Labute approximate surface area is 95.3 Å². The molecule has 1 aliphatic rings. The Morgan fingerprint density at radius 2 is 2.25 bits per heavy atom. The van der Waals surface area contributed by atoms with Crippen molar-refractivity contribution < 1.29 is 18.3 Å². The van der Waals surface area contributed by atoms with Crippen LogP contribution in [0.25, 0.3) is 0 Å². The predicted octanol–water partition coefficient (Wildman–Crippen LogP) is -1.09. The van der Waals surface area contributed by atoms with Crippen LogP contribution < -0.4 is 5.73 Å². The number of carboxylic acid groups (broad SMARTS) is 1. The summed E-state index contributed by atoms with van der Waals surface area (Å²) in [6.45, 7) is 0.279. The van der Waals surface area contributed by atoms with E-state index in [0.717, 1.165) is 0 Å². The molecule has 94 valence electrons. The molecule has 0 aromatic rings. The standard InChI is InChI=1S/C9H18N2O4S/c1-11(8(2-4-10)9(12)13)7-3-5-16(14,15)6-7/h7-8H,2-6,10H2,1H3,(H,12,13). The van der Waals surface area contributed by atoms with Gasteiger partial charge in [0, 0.05) is 6.04 Å². The summed E-state index contributed by atoms with van der Waals surface area (Å²) in [5.41, 5.74) is 5.35. The van der Waals surface area contributed by atoms with Crippen molar-refractivity contribution in [1.82, 2.24) is 4.90 Å². The van der Waals surface area contributed by atoms with Gasteiger partial charge in [0.25, 0.3) is 0 Å². The van der Waals surface area contributed by atoms with Crippen molar-refractivity contribution in [3.63, 3.8) is 0 Å². The second-order valence-corrected chi connectivity index (χ2v) is 6.38. The highest BCUT2D eigenvalue weighted by atomic mass is 32.2. The Morgan fingerprint density at radius 1 is 1.62 bits per heavy atom. The lowest BCUT2D eigenvalue weighted by Gasteiger charge is -2.29. The van der Waals surface area contributed by atoms with E-state index in [2.05, 4.69) is 0 Å². The highest BCUT2D eigenvalue weighted by Gasteiger charge is 2.35. The molecule has 16 heavy (non-hydrogen) atoms. The summed E-state index contributed by atoms with van der Waals surface area (Å²) in [4.78, 5) is 12.6. The topological polar surface area (TPSA) is 101 Å². The summed E-state index contributed by atoms with van der Waals surface area (Å²) >= 11 is 0. The second kappa shape index (κ2) is 5.11. The third-order valence-electron chi connectivity index (χ3n) is 3.00. The van der Waals surface area contributed by atoms with Gasteiger partial charge in [0.2, 0.25) is 0 Å². The molecule has 0 aromatic heterocycles. The van der Waals surface area contributed by atoms with Gasteiger partial charge in [-0.2, -0.15) is 0 Å². The maximum atomic E-state index is 11.3. The van der Waals surface area contributed by atoms with Crippen molar-refractivity contribution in [1.29, 1.82) is 0 Å². The number of rotatable bonds is 5. The SMILES string of the molecule is CN(C1CCS(=O)(=O)C1)C(CCN)C(=O)O. The van der Waals surface area contributed by atoms with Gasteiger partial charge in [0.1, 0.15) is 6.04 Å². The Morgan fingerprint density at radius 3 is 2.62 bits per heavy atom. The van der Waals surface area contributed by atoms with Crippen molar-refractivity contribution in [2.24, 2.45) is 5.73 Å². The van der Waals surface area contributed by atoms with Crippen molar-refractivity contribution in [2.45, 2.75) is 24.9 Å². The molecular weight excluding hydrogens is 232 g/mol. The fourth-order valence-corrected chi connectivity index (χ4v) is 3.80. The van der Waals surface area contributed by atoms with Gasteiger partial charge >= 0.3 is 5.97 Å². The van der Waals surface area contributed by atoms with Gasteiger partial charge in [-0.1, -0.05) is 0 Å². The first-order chi connectivity index (χ1) is 7.37. The molecule has 0 radical (unpaired) electrons. The molecule has 0 saturated carbocycles. The van der Waals surface area contributed by atoms with E-state index in [9.17, 15) is 13.2 Å². The summed E-state index contributed by atoms with van der Waals surface area (Å²) in [6.07, 6.45) is 0.843. The van der Waals surface area contributed by atoms with Gasteiger partial charge in [0.05, 0.1) is 11.5 Å². The van der Waals surface area contributed by atoms with Gasteiger partial charge in [-0.25, -0.2) is 8.42 Å². The largest absolute Gasteiger partial charge is 0.480 e. The zero-order chi connectivity index (χ0) is 12.3. The van der Waals surface area contributed by atoms with Crippen LogP contribution >= 0.6 is 0 Å². The lowest BCUT2D eigenvalue weighted by atomic mass is 10.1. The van der Waals surface area contributed by atoms with Gasteiger partial charge in [0.15, 0.2) is 9.84 Å². The minimum absolute atomic E-state index is 0.0534. The molecule has 1 fully saturated rings. The Hall–Kier alpha value is -0.660. The smallest absolute Gasteiger partial charge is 0.320 e. The van der Waals surface area contributed by atoms with Gasteiger partial charge in [-0.3, -0.25) is 9.69 Å². The Balaban J connectivity index is 2.68. The first-order valence-corrected chi connectivity index (χ1v) is 7.05. The minimum atomic E-state index is -2.98. The summed E-state index contributed by atoms with van der Waals surface area (Å²) in [6, 6.07) is -0.888. The first-order valence-electron chi connectivity index (χ1n) is 5.22.